The predicted molar refractivity (Wildman–Crippen MR) is 281 cm³/mol. The van der Waals surface area contributed by atoms with Crippen LogP contribution in [0.3, 0.4) is 0 Å². The van der Waals surface area contributed by atoms with E-state index < -0.39 is 187 Å². The molecule has 11 atom stereocenters. The topological polar surface area (TPSA) is 557 Å². The zero-order valence-electron chi connectivity index (χ0n) is 44.2. The van der Waals surface area contributed by atoms with E-state index in [1.807, 2.05) is 0 Å². The molecule has 444 valence electrons. The number of aliphatic hydroxyl groups is 1. The van der Waals surface area contributed by atoms with Crippen LogP contribution in [0.15, 0.2) is 29.3 Å². The molecule has 0 aliphatic carbocycles. The number of aliphatic hydroxyl groups excluding tert-OH is 1. The second-order valence-corrected chi connectivity index (χ2v) is 18.4. The molecule has 1 aromatic carbocycles. The molecule has 33 nitrogen and oxygen atoms in total. The highest BCUT2D eigenvalue weighted by molar-refractivity contribution is 7.80. The Morgan fingerprint density at radius 2 is 0.950 bits per heavy atom. The highest BCUT2D eigenvalue weighted by atomic mass is 32.1. The zero-order chi connectivity index (χ0) is 61.1. The maximum atomic E-state index is 14.1. The lowest BCUT2D eigenvalue weighted by Gasteiger charge is -2.27. The number of phenols is 1. The van der Waals surface area contributed by atoms with Crippen molar-refractivity contribution in [2.24, 2.45) is 27.9 Å². The van der Waals surface area contributed by atoms with Crippen molar-refractivity contribution in [2.75, 3.05) is 12.3 Å². The summed E-state index contributed by atoms with van der Waals surface area (Å²) in [5.74, 6) is -16.9. The molecule has 1 aromatic rings. The van der Waals surface area contributed by atoms with E-state index in [0.29, 0.717) is 0 Å². The number of carbonyl (C=O) groups is 14. The summed E-state index contributed by atoms with van der Waals surface area (Å²) in [5, 5.41) is 61.4. The Hall–Kier alpha value is -8.82. The van der Waals surface area contributed by atoms with E-state index in [1.54, 1.807) is 0 Å². The molecule has 0 spiro atoms. The van der Waals surface area contributed by atoms with Crippen LogP contribution < -0.4 is 76.1 Å². The first-order valence-corrected chi connectivity index (χ1v) is 25.0. The number of carboxylic acids is 2. The number of aliphatic imine (C=N–C) groups is 1. The van der Waals surface area contributed by atoms with Gasteiger partial charge >= 0.3 is 11.9 Å². The normalized spacial score (nSPS) is 14.9. The molecule has 0 fully saturated rings. The summed E-state index contributed by atoms with van der Waals surface area (Å²) in [7, 11) is 0. The SMILES string of the molecule is CC(=O)N[C@H](C(=O)N[C@@H](C)C(=O)N[C@@H](C)C(=O)N[C@@H](CC(=O)O)C(=O)N[C@@H](CS)C(=O)N[C@@H](CCC(=O)O)C(=O)N[C@@H](Cc1ccc(O)cc1)C(=O)N[C@@H](CC(N)=O)C(=O)N[C@@H](C)C(=O)N[C@@H](CCCN=C(N)N)C(N)=O)[C@@H](C)O. The summed E-state index contributed by atoms with van der Waals surface area (Å²) in [6, 6.07) is -11.0. The number of rotatable bonds is 35. The lowest BCUT2D eigenvalue weighted by atomic mass is 10.0. The smallest absolute Gasteiger partial charge is 0.305 e. The van der Waals surface area contributed by atoms with Crippen molar-refractivity contribution in [1.29, 1.82) is 0 Å². The van der Waals surface area contributed by atoms with Gasteiger partial charge in [0.25, 0.3) is 0 Å². The van der Waals surface area contributed by atoms with Gasteiger partial charge in [0.15, 0.2) is 5.96 Å². The number of benzene rings is 1. The minimum absolute atomic E-state index is 0.00731. The highest BCUT2D eigenvalue weighted by Gasteiger charge is 2.36. The number of primary amides is 2. The van der Waals surface area contributed by atoms with E-state index in [4.69, 9.17) is 22.9 Å². The first-order chi connectivity index (χ1) is 37.3. The molecule has 0 aliphatic rings. The largest absolute Gasteiger partial charge is 0.508 e. The number of hydrogen-bond donors (Lipinski definition) is 19. The number of hydrogen-bond acceptors (Lipinski definition) is 18. The summed E-state index contributed by atoms with van der Waals surface area (Å²) < 4.78 is 0. The number of thiol groups is 1. The van der Waals surface area contributed by atoms with Crippen LogP contribution in [0.2, 0.25) is 0 Å². The van der Waals surface area contributed by atoms with Crippen LogP contribution in [-0.4, -0.2) is 188 Å². The summed E-state index contributed by atoms with van der Waals surface area (Å²) in [5.41, 5.74) is 21.7. The van der Waals surface area contributed by atoms with Crippen molar-refractivity contribution in [3.05, 3.63) is 29.8 Å². The van der Waals surface area contributed by atoms with Crippen molar-refractivity contribution in [3.8, 4) is 5.75 Å². The Labute approximate surface area is 462 Å². The number of nitrogens with two attached hydrogens (primary N) is 4. The standard InChI is InChI=1S/C46H71N15O18S/c1-19(54-45(79)35(22(4)62)55-23(5)63)37(71)52-20(2)39(73)58-30(17-34(68)69)43(77)61-31(18-80)44(78)57-27(12-13-33(66)67)40(74)59-28(15-24-8-10-25(64)11-9-24)42(76)60-29(16-32(47)65)41(75)53-21(3)38(72)56-26(36(48)70)7-6-14-51-46(49)50/h8-11,19-22,26-31,35,62,64,80H,6-7,12-18H2,1-5H3,(H2,47,65)(H2,48,70)(H,52,71)(H,53,75)(H,54,79)(H,55,63)(H,56,72)(H,57,78)(H,58,73)(H,59,74)(H,60,76)(H,61,77)(H,66,67)(H,68,69)(H4,49,50,51)/t19-,20-,21-,22+,26-,27-,28-,29-,30-,31-,35-/m0/s1. The Balaban J connectivity index is 3.39. The van der Waals surface area contributed by atoms with Gasteiger partial charge in [-0.2, -0.15) is 12.6 Å². The number of carboxylic acid groups (broad SMARTS) is 2. The minimum atomic E-state index is -1.95. The zero-order valence-corrected chi connectivity index (χ0v) is 45.1. The average Bonchev–Trinajstić information content (AvgIpc) is 3.35. The number of guanidine groups is 1. The first-order valence-electron chi connectivity index (χ1n) is 24.4. The third-order valence-corrected chi connectivity index (χ3v) is 11.5. The highest BCUT2D eigenvalue weighted by Crippen LogP contribution is 2.13. The second kappa shape index (κ2) is 34.1. The molecule has 0 aliphatic heterocycles. The predicted octanol–water partition coefficient (Wildman–Crippen LogP) is -8.07. The molecule has 80 heavy (non-hydrogen) atoms. The molecule has 0 heterocycles. The van der Waals surface area contributed by atoms with Gasteiger partial charge in [-0.3, -0.25) is 72.1 Å². The maximum absolute atomic E-state index is 14.1. The summed E-state index contributed by atoms with van der Waals surface area (Å²) in [4.78, 5) is 184. The maximum Gasteiger partial charge on any atom is 0.305 e. The number of nitrogens with one attached hydrogen (secondary N) is 10. The monoisotopic (exact) mass is 1150 g/mol. The molecule has 12 amide bonds. The number of phenolic OH excluding ortho intramolecular Hbond substituents is 1. The molecular formula is C46H71N15O18S. The van der Waals surface area contributed by atoms with Crippen molar-refractivity contribution in [1.82, 2.24) is 53.2 Å². The van der Waals surface area contributed by atoms with Crippen molar-refractivity contribution < 1.29 is 87.5 Å². The molecule has 0 unspecified atom stereocenters. The quantitative estimate of drug-likeness (QED) is 0.0130. The molecule has 0 saturated carbocycles. The van der Waals surface area contributed by atoms with E-state index in [0.717, 1.165) is 13.8 Å². The second-order valence-electron chi connectivity index (χ2n) is 18.1. The third-order valence-electron chi connectivity index (χ3n) is 11.1. The molecule has 0 saturated heterocycles. The van der Waals surface area contributed by atoms with Gasteiger partial charge in [-0.1, -0.05) is 12.1 Å². The molecule has 34 heteroatoms. The third kappa shape index (κ3) is 26.0. The number of aliphatic carboxylic acids is 2. The molecule has 1 rings (SSSR count). The van der Waals surface area contributed by atoms with Crippen LogP contribution in [0.4, 0.5) is 0 Å². The Morgan fingerprint density at radius 1 is 0.525 bits per heavy atom. The fourth-order valence-corrected chi connectivity index (χ4v) is 7.11. The Kier molecular flexibility index (Phi) is 29.5. The molecule has 0 aromatic heterocycles. The average molecular weight is 1150 g/mol. The lowest BCUT2D eigenvalue weighted by molar-refractivity contribution is -0.141. The van der Waals surface area contributed by atoms with E-state index in [2.05, 4.69) is 70.8 Å². The Morgan fingerprint density at radius 3 is 1.44 bits per heavy atom. The van der Waals surface area contributed by atoms with Crippen LogP contribution in [0.5, 0.6) is 5.75 Å². The molecular weight excluding hydrogens is 1080 g/mol. The van der Waals surface area contributed by atoms with Gasteiger partial charge in [0.1, 0.15) is 66.2 Å². The van der Waals surface area contributed by atoms with Crippen LogP contribution in [0.1, 0.15) is 78.7 Å². The minimum Gasteiger partial charge on any atom is -0.508 e. The molecule has 0 bridgehead atoms. The fourth-order valence-electron chi connectivity index (χ4n) is 6.85. The van der Waals surface area contributed by atoms with Gasteiger partial charge in [0, 0.05) is 32.1 Å². The van der Waals surface area contributed by atoms with Gasteiger partial charge in [0.2, 0.25) is 70.9 Å². The number of nitrogens with zero attached hydrogens (tertiary/aromatic N) is 1. The number of amides is 12. The summed E-state index contributed by atoms with van der Waals surface area (Å²) in [6.45, 7) is 5.91. The summed E-state index contributed by atoms with van der Waals surface area (Å²) in [6.07, 6.45) is -5.05. The van der Waals surface area contributed by atoms with Crippen molar-refractivity contribution in [2.45, 2.75) is 146 Å². The van der Waals surface area contributed by atoms with Crippen LogP contribution in [-0.2, 0) is 73.5 Å². The number of aromatic hydroxyl groups is 1. The molecule has 22 N–H and O–H groups in total. The van der Waals surface area contributed by atoms with E-state index >= 15 is 0 Å². The van der Waals surface area contributed by atoms with E-state index in [-0.39, 0.29) is 36.7 Å². The van der Waals surface area contributed by atoms with Crippen LogP contribution >= 0.6 is 12.6 Å². The lowest BCUT2D eigenvalue weighted by Crippen LogP contribution is -2.61. The van der Waals surface area contributed by atoms with Gasteiger partial charge in [-0.05, 0) is 64.7 Å². The fraction of sp³-hybridized carbons (Fsp3) is 0.543. The van der Waals surface area contributed by atoms with E-state index in [1.165, 1.54) is 45.0 Å². The van der Waals surface area contributed by atoms with Crippen molar-refractivity contribution >= 4 is 101 Å². The number of carbonyl (C=O) groups excluding carboxylic acids is 12. The summed E-state index contributed by atoms with van der Waals surface area (Å²) >= 11 is 4.07. The van der Waals surface area contributed by atoms with Gasteiger partial charge in [0.05, 0.1) is 18.9 Å². The van der Waals surface area contributed by atoms with Crippen molar-refractivity contribution in [3.63, 3.8) is 0 Å². The first kappa shape index (κ1) is 69.2. The van der Waals surface area contributed by atoms with Crippen LogP contribution in [0, 0.1) is 0 Å². The van der Waals surface area contributed by atoms with E-state index in [9.17, 15) is 87.5 Å². The molecule has 0 radical (unpaired) electrons. The van der Waals surface area contributed by atoms with Gasteiger partial charge in [-0.15, -0.1) is 0 Å². The van der Waals surface area contributed by atoms with Crippen LogP contribution in [0.25, 0.3) is 0 Å². The van der Waals surface area contributed by atoms with Gasteiger partial charge < -0.3 is 96.5 Å². The van der Waals surface area contributed by atoms with Gasteiger partial charge in [-0.25, -0.2) is 0 Å². The Bertz CT molecular complexity index is 2460.